The van der Waals surface area contributed by atoms with Crippen molar-refractivity contribution in [1.82, 2.24) is 0 Å². The Morgan fingerprint density at radius 2 is 1.76 bits per heavy atom. The standard InChI is InChI=1S/C19H18FNO4/c20-16-9-7-15(8-10-16)19(11-3-4-12-19)18(22)25-13-14-5-1-2-6-17(14)21(23)24/h1-2,5-10H,3-4,11-13H2. The number of nitrogens with zero attached hydrogens (tertiary/aromatic N) is 1. The van der Waals surface area contributed by atoms with Crippen molar-refractivity contribution >= 4 is 11.7 Å². The largest absolute Gasteiger partial charge is 0.460 e. The van der Waals surface area contributed by atoms with Crippen LogP contribution in [0.1, 0.15) is 36.8 Å². The van der Waals surface area contributed by atoms with Crippen LogP contribution in [0.15, 0.2) is 48.5 Å². The average molecular weight is 343 g/mol. The predicted octanol–water partition coefficient (Wildman–Crippen LogP) is 4.29. The molecule has 1 aliphatic carbocycles. The zero-order chi connectivity index (χ0) is 17.9. The second-order valence-corrected chi connectivity index (χ2v) is 6.26. The molecule has 25 heavy (non-hydrogen) atoms. The highest BCUT2D eigenvalue weighted by atomic mass is 19.1. The maximum Gasteiger partial charge on any atom is 0.316 e. The zero-order valence-corrected chi connectivity index (χ0v) is 13.6. The molecule has 2 aromatic rings. The van der Waals surface area contributed by atoms with Gasteiger partial charge >= 0.3 is 5.97 Å². The predicted molar refractivity (Wildman–Crippen MR) is 89.4 cm³/mol. The molecular formula is C19H18FNO4. The zero-order valence-electron chi connectivity index (χ0n) is 13.6. The lowest BCUT2D eigenvalue weighted by Gasteiger charge is -2.27. The van der Waals surface area contributed by atoms with Gasteiger partial charge in [0.15, 0.2) is 0 Å². The van der Waals surface area contributed by atoms with E-state index in [1.807, 2.05) is 0 Å². The Kier molecular flexibility index (Phi) is 4.79. The van der Waals surface area contributed by atoms with Gasteiger partial charge in [0.2, 0.25) is 0 Å². The third kappa shape index (κ3) is 3.38. The third-order valence-corrected chi connectivity index (χ3v) is 4.79. The Bertz CT molecular complexity index is 782. The second-order valence-electron chi connectivity index (χ2n) is 6.26. The van der Waals surface area contributed by atoms with E-state index in [0.717, 1.165) is 18.4 Å². The molecule has 0 aliphatic heterocycles. The van der Waals surface area contributed by atoms with Gasteiger partial charge in [-0.3, -0.25) is 14.9 Å². The van der Waals surface area contributed by atoms with Crippen molar-refractivity contribution in [2.75, 3.05) is 0 Å². The highest BCUT2D eigenvalue weighted by Gasteiger charge is 2.44. The number of hydrogen-bond donors (Lipinski definition) is 0. The van der Waals surface area contributed by atoms with Gasteiger partial charge in [0.1, 0.15) is 12.4 Å². The van der Waals surface area contributed by atoms with E-state index in [4.69, 9.17) is 4.74 Å². The lowest BCUT2D eigenvalue weighted by molar-refractivity contribution is -0.385. The molecular weight excluding hydrogens is 325 g/mol. The van der Waals surface area contributed by atoms with Crippen LogP contribution < -0.4 is 0 Å². The molecule has 1 aliphatic rings. The minimum Gasteiger partial charge on any atom is -0.460 e. The lowest BCUT2D eigenvalue weighted by atomic mass is 9.79. The quantitative estimate of drug-likeness (QED) is 0.461. The van der Waals surface area contributed by atoms with Gasteiger partial charge in [-0.15, -0.1) is 0 Å². The summed E-state index contributed by atoms with van der Waals surface area (Å²) in [6.07, 6.45) is 3.04. The first-order chi connectivity index (χ1) is 12.0. The number of benzene rings is 2. The summed E-state index contributed by atoms with van der Waals surface area (Å²) in [7, 11) is 0. The van der Waals surface area contributed by atoms with Crippen LogP contribution in [0.2, 0.25) is 0 Å². The van der Waals surface area contributed by atoms with E-state index in [-0.39, 0.29) is 18.1 Å². The molecule has 0 atom stereocenters. The number of esters is 1. The summed E-state index contributed by atoms with van der Waals surface area (Å²) in [4.78, 5) is 23.4. The molecule has 1 saturated carbocycles. The topological polar surface area (TPSA) is 69.4 Å². The van der Waals surface area contributed by atoms with Gasteiger partial charge in [0.25, 0.3) is 5.69 Å². The summed E-state index contributed by atoms with van der Waals surface area (Å²) in [6, 6.07) is 12.1. The summed E-state index contributed by atoms with van der Waals surface area (Å²) in [5.41, 5.74) is 0.224. The molecule has 0 spiro atoms. The fourth-order valence-electron chi connectivity index (χ4n) is 3.45. The number of halogens is 1. The molecule has 0 N–H and O–H groups in total. The van der Waals surface area contributed by atoms with Gasteiger partial charge in [0.05, 0.1) is 15.9 Å². The van der Waals surface area contributed by atoms with Crippen molar-refractivity contribution in [2.45, 2.75) is 37.7 Å². The van der Waals surface area contributed by atoms with E-state index >= 15 is 0 Å². The molecule has 0 radical (unpaired) electrons. The van der Waals surface area contributed by atoms with E-state index < -0.39 is 16.3 Å². The molecule has 6 heteroatoms. The second kappa shape index (κ2) is 7.01. The summed E-state index contributed by atoms with van der Waals surface area (Å²) < 4.78 is 18.7. The molecule has 0 bridgehead atoms. The van der Waals surface area contributed by atoms with Crippen LogP contribution in [0, 0.1) is 15.9 Å². The van der Waals surface area contributed by atoms with E-state index in [2.05, 4.69) is 0 Å². The molecule has 0 unspecified atom stereocenters. The molecule has 5 nitrogen and oxygen atoms in total. The maximum absolute atomic E-state index is 13.2. The number of ether oxygens (including phenoxy) is 1. The first-order valence-electron chi connectivity index (χ1n) is 8.18. The number of rotatable bonds is 5. The van der Waals surface area contributed by atoms with Crippen molar-refractivity contribution in [1.29, 1.82) is 0 Å². The molecule has 2 aromatic carbocycles. The molecule has 0 aromatic heterocycles. The van der Waals surface area contributed by atoms with Crippen molar-refractivity contribution in [3.63, 3.8) is 0 Å². The van der Waals surface area contributed by atoms with E-state index in [1.54, 1.807) is 30.3 Å². The Labute approximate surface area is 144 Å². The van der Waals surface area contributed by atoms with E-state index in [9.17, 15) is 19.3 Å². The van der Waals surface area contributed by atoms with E-state index in [1.165, 1.54) is 18.2 Å². The normalized spacial score (nSPS) is 15.7. The number of carbonyl (C=O) groups excluding carboxylic acids is 1. The van der Waals surface area contributed by atoms with Crippen molar-refractivity contribution < 1.29 is 18.8 Å². The number of hydrogen-bond acceptors (Lipinski definition) is 4. The number of nitro benzene ring substituents is 1. The number of para-hydroxylation sites is 1. The summed E-state index contributed by atoms with van der Waals surface area (Å²) >= 11 is 0. The Morgan fingerprint density at radius 1 is 1.12 bits per heavy atom. The number of nitro groups is 1. The van der Waals surface area contributed by atoms with Gasteiger partial charge in [-0.05, 0) is 36.6 Å². The average Bonchev–Trinajstić information content (AvgIpc) is 3.11. The van der Waals surface area contributed by atoms with Crippen LogP contribution >= 0.6 is 0 Å². The number of carbonyl (C=O) groups is 1. The Hall–Kier alpha value is -2.76. The van der Waals surface area contributed by atoms with Crippen molar-refractivity contribution in [3.05, 3.63) is 75.6 Å². The van der Waals surface area contributed by atoms with Crippen LogP contribution in [0.3, 0.4) is 0 Å². The molecule has 130 valence electrons. The fraction of sp³-hybridized carbons (Fsp3) is 0.316. The molecule has 0 heterocycles. The Morgan fingerprint density at radius 3 is 2.40 bits per heavy atom. The first-order valence-corrected chi connectivity index (χ1v) is 8.18. The van der Waals surface area contributed by atoms with Crippen LogP contribution in [-0.4, -0.2) is 10.9 Å². The van der Waals surface area contributed by atoms with Gasteiger partial charge in [0, 0.05) is 6.07 Å². The summed E-state index contributed by atoms with van der Waals surface area (Å²) in [5, 5.41) is 11.1. The molecule has 0 amide bonds. The van der Waals surface area contributed by atoms with Crippen LogP contribution in [0.5, 0.6) is 0 Å². The minimum absolute atomic E-state index is 0.0717. The van der Waals surface area contributed by atoms with Crippen LogP contribution in [0.25, 0.3) is 0 Å². The highest BCUT2D eigenvalue weighted by molar-refractivity contribution is 5.83. The van der Waals surface area contributed by atoms with Gasteiger partial charge < -0.3 is 4.74 Å². The summed E-state index contributed by atoms with van der Waals surface area (Å²) in [6.45, 7) is -0.154. The smallest absolute Gasteiger partial charge is 0.316 e. The monoisotopic (exact) mass is 343 g/mol. The Balaban J connectivity index is 1.81. The molecule has 3 rings (SSSR count). The van der Waals surface area contributed by atoms with Crippen LogP contribution in [0.4, 0.5) is 10.1 Å². The third-order valence-electron chi connectivity index (χ3n) is 4.79. The minimum atomic E-state index is -0.794. The van der Waals surface area contributed by atoms with E-state index in [0.29, 0.717) is 18.4 Å². The lowest BCUT2D eigenvalue weighted by Crippen LogP contribution is -2.34. The highest BCUT2D eigenvalue weighted by Crippen LogP contribution is 2.42. The van der Waals surface area contributed by atoms with Crippen molar-refractivity contribution in [3.8, 4) is 0 Å². The van der Waals surface area contributed by atoms with Crippen molar-refractivity contribution in [2.24, 2.45) is 0 Å². The maximum atomic E-state index is 13.2. The molecule has 0 saturated heterocycles. The SMILES string of the molecule is O=C(OCc1ccccc1[N+](=O)[O-])C1(c2ccc(F)cc2)CCCC1. The molecule has 1 fully saturated rings. The van der Waals surface area contributed by atoms with Gasteiger partial charge in [-0.1, -0.05) is 37.1 Å². The summed E-state index contributed by atoms with van der Waals surface area (Å²) in [5.74, 6) is -0.764. The van der Waals surface area contributed by atoms with Gasteiger partial charge in [-0.2, -0.15) is 0 Å². The first kappa shape index (κ1) is 17.1. The van der Waals surface area contributed by atoms with Crippen LogP contribution in [-0.2, 0) is 21.6 Å². The fourth-order valence-corrected chi connectivity index (χ4v) is 3.45. The van der Waals surface area contributed by atoms with Gasteiger partial charge in [-0.25, -0.2) is 4.39 Å².